The van der Waals surface area contributed by atoms with E-state index in [-0.39, 0.29) is 5.41 Å². The van der Waals surface area contributed by atoms with Crippen LogP contribution in [-0.4, -0.2) is 40.6 Å². The van der Waals surface area contributed by atoms with Crippen LogP contribution in [0, 0.1) is 0 Å². The van der Waals surface area contributed by atoms with Crippen molar-refractivity contribution in [1.82, 2.24) is 4.90 Å². The Morgan fingerprint density at radius 1 is 1.07 bits per heavy atom. The summed E-state index contributed by atoms with van der Waals surface area (Å²) in [4.78, 5) is 21.5. The summed E-state index contributed by atoms with van der Waals surface area (Å²) in [5, 5.41) is 19.2. The fourth-order valence-corrected chi connectivity index (χ4v) is 4.64. The normalized spacial score (nSPS) is 18.8. The van der Waals surface area contributed by atoms with E-state index < -0.39 is 11.9 Å². The van der Waals surface area contributed by atoms with Crippen LogP contribution in [-0.2, 0) is 21.5 Å². The summed E-state index contributed by atoms with van der Waals surface area (Å²) in [6.07, 6.45) is 1.12. The zero-order valence-corrected chi connectivity index (χ0v) is 17.1. The second kappa shape index (κ2) is 8.59. The smallest absolute Gasteiger partial charge is 0.328 e. The molecule has 2 aromatic carbocycles. The Bertz CT molecular complexity index is 1060. The van der Waals surface area contributed by atoms with Crippen LogP contribution in [0.25, 0.3) is 10.1 Å². The molecule has 3 aromatic rings. The van der Waals surface area contributed by atoms with E-state index in [4.69, 9.17) is 10.2 Å². The molecular weight excluding hydrogens is 386 g/mol. The fraction of sp³-hybridized carbons (Fsp3) is 0.217. The molecule has 0 bridgehead atoms. The number of thiophene rings is 1. The molecule has 2 N–H and O–H groups in total. The molecule has 0 radical (unpaired) electrons. The quantitative estimate of drug-likeness (QED) is 0.629. The average molecular weight is 410 g/mol. The van der Waals surface area contributed by atoms with Crippen molar-refractivity contribution < 1.29 is 19.8 Å². The zero-order chi connectivity index (χ0) is 21.0. The van der Waals surface area contributed by atoms with Crippen LogP contribution in [0.15, 0.2) is 66.1 Å². The van der Waals surface area contributed by atoms with Gasteiger partial charge in [0.05, 0.1) is 0 Å². The van der Waals surface area contributed by atoms with E-state index in [0.717, 1.165) is 13.1 Å². The number of hydrogen-bond donors (Lipinski definition) is 2. The molecule has 150 valence electrons. The van der Waals surface area contributed by atoms with Crippen LogP contribution in [0.1, 0.15) is 23.6 Å². The monoisotopic (exact) mass is 409 g/mol. The maximum atomic E-state index is 9.55. The molecule has 29 heavy (non-hydrogen) atoms. The minimum Gasteiger partial charge on any atom is -0.478 e. The molecule has 1 aliphatic heterocycles. The van der Waals surface area contributed by atoms with Gasteiger partial charge in [0.1, 0.15) is 0 Å². The third-order valence-corrected chi connectivity index (χ3v) is 5.99. The minimum absolute atomic E-state index is 0.0692. The highest BCUT2D eigenvalue weighted by Crippen LogP contribution is 2.40. The van der Waals surface area contributed by atoms with Gasteiger partial charge in [-0.2, -0.15) is 0 Å². The minimum atomic E-state index is -1.26. The first-order chi connectivity index (χ1) is 13.8. The second-order valence-corrected chi connectivity index (χ2v) is 8.29. The number of benzene rings is 2. The second-order valence-electron chi connectivity index (χ2n) is 7.34. The summed E-state index contributed by atoms with van der Waals surface area (Å²) < 4.78 is 1.37. The molecular formula is C23H23NO4S. The third-order valence-electron chi connectivity index (χ3n) is 5.10. The van der Waals surface area contributed by atoms with Crippen molar-refractivity contribution in [3.63, 3.8) is 0 Å². The summed E-state index contributed by atoms with van der Waals surface area (Å²) in [5.41, 5.74) is 4.43. The molecule has 0 fully saturated rings. The van der Waals surface area contributed by atoms with E-state index in [1.807, 2.05) is 11.3 Å². The van der Waals surface area contributed by atoms with Gasteiger partial charge in [0.2, 0.25) is 0 Å². The topological polar surface area (TPSA) is 77.8 Å². The van der Waals surface area contributed by atoms with Gasteiger partial charge in [-0.3, -0.25) is 0 Å². The predicted octanol–water partition coefficient (Wildman–Crippen LogP) is 4.36. The highest BCUT2D eigenvalue weighted by Gasteiger charge is 2.35. The molecule has 0 spiro atoms. The Morgan fingerprint density at radius 3 is 2.45 bits per heavy atom. The van der Waals surface area contributed by atoms with E-state index in [1.165, 1.54) is 26.8 Å². The molecule has 0 saturated carbocycles. The highest BCUT2D eigenvalue weighted by molar-refractivity contribution is 7.17. The maximum Gasteiger partial charge on any atom is 0.328 e. The standard InChI is InChI=1S/C19H19NS.C4H4O4/c1-19(16-7-8-18-14(11-16)9-10-21-18)13-20(2)12-15-5-3-4-6-17(15)19;5-3(6)1-2-4(7)8/h3-11H,12-13H2,1-2H3;1-2H,(H,5,6)(H,7,8)/b;2-1+. The summed E-state index contributed by atoms with van der Waals surface area (Å²) in [6, 6.07) is 18.1. The molecule has 4 rings (SSSR count). The number of nitrogens with zero attached hydrogens (tertiary/aromatic N) is 1. The molecule has 6 heteroatoms. The van der Waals surface area contributed by atoms with Gasteiger partial charge < -0.3 is 15.1 Å². The van der Waals surface area contributed by atoms with Crippen LogP contribution in [0.5, 0.6) is 0 Å². The first-order valence-electron chi connectivity index (χ1n) is 9.18. The van der Waals surface area contributed by atoms with Gasteiger partial charge in [0, 0.05) is 35.4 Å². The average Bonchev–Trinajstić information content (AvgIpc) is 3.14. The lowest BCUT2D eigenvalue weighted by atomic mass is 9.72. The molecule has 0 saturated heterocycles. The molecule has 1 unspecified atom stereocenters. The van der Waals surface area contributed by atoms with Gasteiger partial charge in [-0.25, -0.2) is 9.59 Å². The first kappa shape index (κ1) is 20.8. The lowest BCUT2D eigenvalue weighted by Crippen LogP contribution is -2.42. The Labute approximate surface area is 173 Å². The molecule has 5 nitrogen and oxygen atoms in total. The van der Waals surface area contributed by atoms with Crippen molar-refractivity contribution >= 4 is 33.4 Å². The predicted molar refractivity (Wildman–Crippen MR) is 115 cm³/mol. The Balaban J connectivity index is 0.000000258. The van der Waals surface area contributed by atoms with Crippen LogP contribution in [0.4, 0.5) is 0 Å². The van der Waals surface area contributed by atoms with E-state index in [0.29, 0.717) is 12.2 Å². The SMILES string of the molecule is CN1Cc2ccccc2C(C)(c2ccc3sccc3c2)C1.O=C(O)/C=C/C(=O)O. The number of carboxylic acid groups (broad SMARTS) is 2. The summed E-state index contributed by atoms with van der Waals surface area (Å²) in [5.74, 6) is -2.51. The van der Waals surface area contributed by atoms with E-state index in [1.54, 1.807) is 0 Å². The van der Waals surface area contributed by atoms with Gasteiger partial charge in [0.15, 0.2) is 0 Å². The van der Waals surface area contributed by atoms with Crippen LogP contribution in [0.2, 0.25) is 0 Å². The van der Waals surface area contributed by atoms with Gasteiger partial charge >= 0.3 is 11.9 Å². The number of fused-ring (bicyclic) bond motifs is 2. The summed E-state index contributed by atoms with van der Waals surface area (Å²) in [7, 11) is 2.22. The lowest BCUT2D eigenvalue weighted by Gasteiger charge is -2.41. The van der Waals surface area contributed by atoms with Crippen LogP contribution in [0.3, 0.4) is 0 Å². The van der Waals surface area contributed by atoms with E-state index in [9.17, 15) is 9.59 Å². The van der Waals surface area contributed by atoms with Gasteiger partial charge in [0.25, 0.3) is 0 Å². The third kappa shape index (κ3) is 4.72. The largest absolute Gasteiger partial charge is 0.478 e. The maximum absolute atomic E-state index is 9.55. The fourth-order valence-electron chi connectivity index (χ4n) is 3.87. The van der Waals surface area contributed by atoms with Gasteiger partial charge in [-0.15, -0.1) is 11.3 Å². The molecule has 0 aliphatic carbocycles. The van der Waals surface area contributed by atoms with Crippen molar-refractivity contribution in [3.8, 4) is 0 Å². The first-order valence-corrected chi connectivity index (χ1v) is 10.1. The number of rotatable bonds is 3. The van der Waals surface area contributed by atoms with Crippen molar-refractivity contribution in [2.75, 3.05) is 13.6 Å². The summed E-state index contributed by atoms with van der Waals surface area (Å²) in [6.45, 7) is 4.50. The Hall–Kier alpha value is -2.96. The van der Waals surface area contributed by atoms with Crippen LogP contribution < -0.4 is 0 Å². The number of aliphatic carboxylic acids is 2. The van der Waals surface area contributed by atoms with Crippen molar-refractivity contribution in [2.24, 2.45) is 0 Å². The van der Waals surface area contributed by atoms with E-state index >= 15 is 0 Å². The van der Waals surface area contributed by atoms with Gasteiger partial charge in [-0.05, 0) is 52.7 Å². The van der Waals surface area contributed by atoms with Crippen molar-refractivity contribution in [3.05, 3.63) is 82.8 Å². The Morgan fingerprint density at radius 2 is 1.76 bits per heavy atom. The zero-order valence-electron chi connectivity index (χ0n) is 16.3. The highest BCUT2D eigenvalue weighted by atomic mass is 32.1. The number of carboxylic acids is 2. The number of hydrogen-bond acceptors (Lipinski definition) is 4. The summed E-state index contributed by atoms with van der Waals surface area (Å²) >= 11 is 1.82. The number of likely N-dealkylation sites (N-methyl/N-ethyl adjacent to an activating group) is 1. The van der Waals surface area contributed by atoms with E-state index in [2.05, 4.69) is 72.8 Å². The van der Waals surface area contributed by atoms with Crippen molar-refractivity contribution in [2.45, 2.75) is 18.9 Å². The molecule has 1 atom stereocenters. The molecule has 2 heterocycles. The lowest BCUT2D eigenvalue weighted by molar-refractivity contribution is -0.134. The van der Waals surface area contributed by atoms with Gasteiger partial charge in [-0.1, -0.05) is 37.3 Å². The Kier molecular flexibility index (Phi) is 6.15. The van der Waals surface area contributed by atoms with Crippen molar-refractivity contribution in [1.29, 1.82) is 0 Å². The van der Waals surface area contributed by atoms with Crippen LogP contribution >= 0.6 is 11.3 Å². The molecule has 1 aliphatic rings. The number of carbonyl (C=O) groups is 2. The molecule has 0 amide bonds. The molecule has 1 aromatic heterocycles.